The third-order valence-corrected chi connectivity index (χ3v) is 10.7. The van der Waals surface area contributed by atoms with Crippen molar-refractivity contribution < 1.29 is 17.9 Å². The van der Waals surface area contributed by atoms with Crippen molar-refractivity contribution >= 4 is 54.2 Å². The van der Waals surface area contributed by atoms with E-state index in [-0.39, 0.29) is 10.8 Å². The standard InChI is InChI=1S/C27H33ClN4O4S2/c1-19-6-8-21(9-7-19)38(34,35)32-14-3-5-23(32)26(33)31(13-4-12-30-15-17-36-18-16-30)27-29-25-20(2)22(28)10-11-24(25)37-27/h6-11,23H,3-5,12-18H2,1-2H3. The fraction of sp³-hybridized carbons (Fsp3) is 0.481. The van der Waals surface area contributed by atoms with Gasteiger partial charge in [-0.3, -0.25) is 14.6 Å². The van der Waals surface area contributed by atoms with Gasteiger partial charge in [-0.1, -0.05) is 40.6 Å². The molecule has 3 aromatic rings. The lowest BCUT2D eigenvalue weighted by Gasteiger charge is -2.30. The number of amides is 1. The molecule has 0 aliphatic carbocycles. The average Bonchev–Trinajstić information content (AvgIpc) is 3.58. The van der Waals surface area contributed by atoms with Crippen molar-refractivity contribution in [2.75, 3.05) is 50.8 Å². The molecule has 0 N–H and O–H groups in total. The maximum absolute atomic E-state index is 14.1. The van der Waals surface area contributed by atoms with E-state index in [9.17, 15) is 13.2 Å². The smallest absolute Gasteiger partial charge is 0.247 e. The number of aryl methyl sites for hydroxylation is 2. The number of sulfonamides is 1. The highest BCUT2D eigenvalue weighted by Gasteiger charge is 2.42. The van der Waals surface area contributed by atoms with Crippen LogP contribution in [-0.4, -0.2) is 80.5 Å². The number of anilines is 1. The first-order valence-electron chi connectivity index (χ1n) is 13.0. The zero-order chi connectivity index (χ0) is 26.9. The number of aromatic nitrogens is 1. The fourth-order valence-electron chi connectivity index (χ4n) is 5.08. The van der Waals surface area contributed by atoms with Crippen molar-refractivity contribution in [3.8, 4) is 0 Å². The number of carbonyl (C=O) groups is 1. The van der Waals surface area contributed by atoms with Crippen molar-refractivity contribution in [1.29, 1.82) is 0 Å². The summed E-state index contributed by atoms with van der Waals surface area (Å²) in [6.07, 6.45) is 1.87. The second-order valence-electron chi connectivity index (χ2n) is 9.90. The number of fused-ring (bicyclic) bond motifs is 1. The Bertz CT molecular complexity index is 1400. The molecule has 2 aliphatic heterocycles. The molecule has 0 bridgehead atoms. The summed E-state index contributed by atoms with van der Waals surface area (Å²) in [5.74, 6) is -0.219. The van der Waals surface area contributed by atoms with Crippen LogP contribution in [0.2, 0.25) is 5.02 Å². The van der Waals surface area contributed by atoms with Crippen molar-refractivity contribution in [3.05, 3.63) is 52.5 Å². The van der Waals surface area contributed by atoms with Gasteiger partial charge >= 0.3 is 0 Å². The minimum absolute atomic E-state index is 0.215. The molecule has 8 nitrogen and oxygen atoms in total. The first-order chi connectivity index (χ1) is 18.3. The van der Waals surface area contributed by atoms with Crippen LogP contribution >= 0.6 is 22.9 Å². The number of hydrogen-bond acceptors (Lipinski definition) is 7. The van der Waals surface area contributed by atoms with Gasteiger partial charge in [-0.05, 0) is 62.9 Å². The molecule has 0 radical (unpaired) electrons. The molecule has 1 atom stereocenters. The van der Waals surface area contributed by atoms with Gasteiger partial charge in [0.05, 0.1) is 28.3 Å². The molecule has 5 rings (SSSR count). The van der Waals surface area contributed by atoms with Crippen LogP contribution in [0.1, 0.15) is 30.4 Å². The number of nitrogens with zero attached hydrogens (tertiary/aromatic N) is 4. The highest BCUT2D eigenvalue weighted by Crippen LogP contribution is 2.35. The minimum atomic E-state index is -3.81. The van der Waals surface area contributed by atoms with Crippen molar-refractivity contribution in [3.63, 3.8) is 0 Å². The Morgan fingerprint density at radius 3 is 2.61 bits per heavy atom. The molecule has 3 heterocycles. The van der Waals surface area contributed by atoms with Crippen LogP contribution in [0, 0.1) is 13.8 Å². The van der Waals surface area contributed by atoms with Gasteiger partial charge in [0.1, 0.15) is 6.04 Å². The molecule has 38 heavy (non-hydrogen) atoms. The van der Waals surface area contributed by atoms with Crippen LogP contribution < -0.4 is 4.90 Å². The number of thiazole rings is 1. The van der Waals surface area contributed by atoms with Crippen LogP contribution in [0.15, 0.2) is 41.3 Å². The van der Waals surface area contributed by atoms with Gasteiger partial charge in [-0.25, -0.2) is 13.4 Å². The molecule has 1 unspecified atom stereocenters. The summed E-state index contributed by atoms with van der Waals surface area (Å²) >= 11 is 7.79. The average molecular weight is 577 g/mol. The van der Waals surface area contributed by atoms with Gasteiger partial charge in [-0.15, -0.1) is 0 Å². The largest absolute Gasteiger partial charge is 0.379 e. The van der Waals surface area contributed by atoms with Gasteiger partial charge in [0.25, 0.3) is 0 Å². The van der Waals surface area contributed by atoms with Gasteiger partial charge in [0, 0.05) is 37.7 Å². The van der Waals surface area contributed by atoms with Crippen LogP contribution in [0.4, 0.5) is 5.13 Å². The second kappa shape index (κ2) is 11.6. The third-order valence-electron chi connectivity index (χ3n) is 7.31. The van der Waals surface area contributed by atoms with Gasteiger partial charge in [0.15, 0.2) is 5.13 Å². The topological polar surface area (TPSA) is 83.1 Å². The van der Waals surface area contributed by atoms with Gasteiger partial charge < -0.3 is 4.74 Å². The van der Waals surface area contributed by atoms with E-state index in [0.717, 1.165) is 47.4 Å². The number of ether oxygens (including phenoxy) is 1. The predicted molar refractivity (Wildman–Crippen MR) is 152 cm³/mol. The number of benzene rings is 2. The highest BCUT2D eigenvalue weighted by atomic mass is 35.5. The summed E-state index contributed by atoms with van der Waals surface area (Å²) in [6, 6.07) is 9.81. The monoisotopic (exact) mass is 576 g/mol. The van der Waals surface area contributed by atoms with Gasteiger partial charge in [0.2, 0.25) is 15.9 Å². The summed E-state index contributed by atoms with van der Waals surface area (Å²) < 4.78 is 34.9. The van der Waals surface area contributed by atoms with E-state index in [0.29, 0.717) is 49.3 Å². The zero-order valence-electron chi connectivity index (χ0n) is 21.7. The quantitative estimate of drug-likeness (QED) is 0.393. The zero-order valence-corrected chi connectivity index (χ0v) is 24.1. The maximum Gasteiger partial charge on any atom is 0.247 e. The molecule has 204 valence electrons. The fourth-order valence-corrected chi connectivity index (χ4v) is 7.94. The van der Waals surface area contributed by atoms with E-state index in [1.165, 1.54) is 15.6 Å². The third kappa shape index (κ3) is 5.61. The Balaban J connectivity index is 1.43. The second-order valence-corrected chi connectivity index (χ2v) is 13.2. The number of halogens is 1. The predicted octanol–water partition coefficient (Wildman–Crippen LogP) is 4.48. The normalized spacial score (nSPS) is 19.3. The molecule has 0 spiro atoms. The highest BCUT2D eigenvalue weighted by molar-refractivity contribution is 7.89. The van der Waals surface area contributed by atoms with Crippen LogP contribution in [-0.2, 0) is 19.6 Å². The Morgan fingerprint density at radius 2 is 1.87 bits per heavy atom. The summed E-state index contributed by atoms with van der Waals surface area (Å²) in [5, 5.41) is 1.21. The molecule has 11 heteroatoms. The Labute approximate surface area is 233 Å². The van der Waals surface area contributed by atoms with E-state index in [1.807, 2.05) is 26.0 Å². The molecule has 0 saturated carbocycles. The molecule has 2 aromatic carbocycles. The van der Waals surface area contributed by atoms with E-state index >= 15 is 0 Å². The number of rotatable bonds is 8. The lowest BCUT2D eigenvalue weighted by atomic mass is 10.2. The molecule has 2 saturated heterocycles. The van der Waals surface area contributed by atoms with E-state index in [2.05, 4.69) is 4.90 Å². The molecule has 1 amide bonds. The first kappa shape index (κ1) is 27.5. The van der Waals surface area contributed by atoms with E-state index in [4.69, 9.17) is 21.3 Å². The summed E-state index contributed by atoms with van der Waals surface area (Å²) in [4.78, 5) is 23.2. The SMILES string of the molecule is Cc1ccc(S(=O)(=O)N2CCCC2C(=O)N(CCCN2CCOCC2)c2nc3c(C)c(Cl)ccc3s2)cc1. The molecule has 2 aliphatic rings. The Morgan fingerprint density at radius 1 is 1.13 bits per heavy atom. The molecule has 1 aromatic heterocycles. The van der Waals surface area contributed by atoms with Crippen LogP contribution in [0.3, 0.4) is 0 Å². The Hall–Kier alpha value is -2.08. The molecular weight excluding hydrogens is 544 g/mol. The van der Waals surface area contributed by atoms with E-state index in [1.54, 1.807) is 29.2 Å². The minimum Gasteiger partial charge on any atom is -0.379 e. The number of morpholine rings is 1. The lowest BCUT2D eigenvalue weighted by Crippen LogP contribution is -2.48. The lowest BCUT2D eigenvalue weighted by molar-refractivity contribution is -0.121. The number of hydrogen-bond donors (Lipinski definition) is 0. The molecule has 2 fully saturated rings. The summed E-state index contributed by atoms with van der Waals surface area (Å²) in [6.45, 7) is 8.63. The molecular formula is C27H33ClN4O4S2. The Kier molecular flexibility index (Phi) is 8.37. The maximum atomic E-state index is 14.1. The van der Waals surface area contributed by atoms with E-state index < -0.39 is 16.1 Å². The van der Waals surface area contributed by atoms with Crippen LogP contribution in [0.5, 0.6) is 0 Å². The number of carbonyl (C=O) groups excluding carboxylic acids is 1. The first-order valence-corrected chi connectivity index (χ1v) is 15.6. The summed E-state index contributed by atoms with van der Waals surface area (Å²) in [5.41, 5.74) is 2.63. The van der Waals surface area contributed by atoms with Crippen molar-refractivity contribution in [1.82, 2.24) is 14.2 Å². The van der Waals surface area contributed by atoms with Crippen molar-refractivity contribution in [2.24, 2.45) is 0 Å². The summed E-state index contributed by atoms with van der Waals surface area (Å²) in [7, 11) is -3.81. The van der Waals surface area contributed by atoms with Crippen LogP contribution in [0.25, 0.3) is 10.2 Å². The van der Waals surface area contributed by atoms with Gasteiger partial charge in [-0.2, -0.15) is 4.31 Å². The van der Waals surface area contributed by atoms with Crippen molar-refractivity contribution in [2.45, 2.75) is 44.0 Å².